The number of hydrogen-bond acceptors (Lipinski definition) is 3. The number of benzene rings is 1. The largest absolute Gasteiger partial charge is 0.466 e. The van der Waals surface area contributed by atoms with Crippen molar-refractivity contribution in [2.24, 2.45) is 0 Å². The van der Waals surface area contributed by atoms with Gasteiger partial charge in [-0.1, -0.05) is 15.9 Å². The lowest BCUT2D eigenvalue weighted by Crippen LogP contribution is -2.06. The van der Waals surface area contributed by atoms with Crippen LogP contribution in [0.15, 0.2) is 28.7 Å². The summed E-state index contributed by atoms with van der Waals surface area (Å²) in [5, 5.41) is 3.30. The van der Waals surface area contributed by atoms with E-state index in [2.05, 4.69) is 21.2 Å². The fourth-order valence-electron chi connectivity index (χ4n) is 1.43. The lowest BCUT2D eigenvalue weighted by Gasteiger charge is -2.06. The number of unbranched alkanes of at least 4 members (excludes halogenated alkanes) is 1. The monoisotopic (exact) mass is 299 g/mol. The van der Waals surface area contributed by atoms with Crippen molar-refractivity contribution in [3.8, 4) is 0 Å². The van der Waals surface area contributed by atoms with E-state index in [0.717, 1.165) is 29.5 Å². The summed E-state index contributed by atoms with van der Waals surface area (Å²) < 4.78 is 5.93. The van der Waals surface area contributed by atoms with Crippen molar-refractivity contribution in [2.75, 3.05) is 18.5 Å². The first-order valence-corrected chi connectivity index (χ1v) is 6.66. The molecule has 0 amide bonds. The van der Waals surface area contributed by atoms with Gasteiger partial charge in [0, 0.05) is 23.1 Å². The van der Waals surface area contributed by atoms with Gasteiger partial charge in [-0.25, -0.2) is 0 Å². The Bertz CT molecular complexity index is 338. The van der Waals surface area contributed by atoms with Crippen LogP contribution in [0.2, 0.25) is 0 Å². The second-order valence-electron chi connectivity index (χ2n) is 3.70. The highest BCUT2D eigenvalue weighted by Crippen LogP contribution is 2.14. The van der Waals surface area contributed by atoms with Gasteiger partial charge in [-0.05, 0) is 44.0 Å². The topological polar surface area (TPSA) is 38.3 Å². The molecule has 0 saturated carbocycles. The normalized spacial score (nSPS) is 10.0. The van der Waals surface area contributed by atoms with E-state index >= 15 is 0 Å². The molecule has 1 rings (SSSR count). The average molecular weight is 300 g/mol. The molecular formula is C13H18BrNO2. The molecule has 17 heavy (non-hydrogen) atoms. The van der Waals surface area contributed by atoms with Gasteiger partial charge in [-0.3, -0.25) is 4.79 Å². The Hall–Kier alpha value is -1.03. The smallest absolute Gasteiger partial charge is 0.305 e. The quantitative estimate of drug-likeness (QED) is 0.617. The van der Waals surface area contributed by atoms with E-state index in [0.29, 0.717) is 13.0 Å². The molecule has 0 fully saturated rings. The Morgan fingerprint density at radius 3 is 2.65 bits per heavy atom. The summed E-state index contributed by atoms with van der Waals surface area (Å²) in [6, 6.07) is 8.05. The molecule has 0 aliphatic rings. The SMILES string of the molecule is CCOC(=O)CCCCNc1ccc(Br)cc1. The average Bonchev–Trinajstić information content (AvgIpc) is 2.31. The van der Waals surface area contributed by atoms with Crippen LogP contribution < -0.4 is 5.32 Å². The van der Waals surface area contributed by atoms with Crippen LogP contribution in [0.25, 0.3) is 0 Å². The molecule has 0 atom stereocenters. The van der Waals surface area contributed by atoms with E-state index in [1.165, 1.54) is 0 Å². The number of rotatable bonds is 7. The van der Waals surface area contributed by atoms with Gasteiger partial charge in [0.1, 0.15) is 0 Å². The molecule has 1 aromatic carbocycles. The molecule has 0 aliphatic heterocycles. The van der Waals surface area contributed by atoms with Gasteiger partial charge >= 0.3 is 5.97 Å². The molecule has 0 aliphatic carbocycles. The van der Waals surface area contributed by atoms with E-state index < -0.39 is 0 Å². The van der Waals surface area contributed by atoms with Crippen molar-refractivity contribution in [3.05, 3.63) is 28.7 Å². The van der Waals surface area contributed by atoms with Crippen LogP contribution in [-0.2, 0) is 9.53 Å². The minimum Gasteiger partial charge on any atom is -0.466 e. The first-order valence-electron chi connectivity index (χ1n) is 5.87. The highest BCUT2D eigenvalue weighted by atomic mass is 79.9. The molecule has 4 heteroatoms. The van der Waals surface area contributed by atoms with Crippen molar-refractivity contribution in [2.45, 2.75) is 26.2 Å². The Kier molecular flexibility index (Phi) is 6.70. The van der Waals surface area contributed by atoms with Gasteiger partial charge in [-0.15, -0.1) is 0 Å². The van der Waals surface area contributed by atoms with Gasteiger partial charge < -0.3 is 10.1 Å². The Labute approximate surface area is 111 Å². The number of hydrogen-bond donors (Lipinski definition) is 1. The third-order valence-corrected chi connectivity index (χ3v) is 2.82. The number of nitrogens with one attached hydrogen (secondary N) is 1. The predicted octanol–water partition coefficient (Wildman–Crippen LogP) is 3.59. The van der Waals surface area contributed by atoms with Crippen molar-refractivity contribution in [1.29, 1.82) is 0 Å². The minimum atomic E-state index is -0.101. The molecule has 3 nitrogen and oxygen atoms in total. The van der Waals surface area contributed by atoms with E-state index in [1.54, 1.807) is 0 Å². The van der Waals surface area contributed by atoms with Gasteiger partial charge in [0.2, 0.25) is 0 Å². The number of anilines is 1. The van der Waals surface area contributed by atoms with Gasteiger partial charge in [0.25, 0.3) is 0 Å². The molecule has 0 unspecified atom stereocenters. The predicted molar refractivity (Wildman–Crippen MR) is 73.1 cm³/mol. The summed E-state index contributed by atoms with van der Waals surface area (Å²) in [6.07, 6.45) is 2.34. The fourth-order valence-corrected chi connectivity index (χ4v) is 1.69. The maximum Gasteiger partial charge on any atom is 0.305 e. The van der Waals surface area contributed by atoms with Gasteiger partial charge in [0.15, 0.2) is 0 Å². The Morgan fingerprint density at radius 2 is 2.00 bits per heavy atom. The molecule has 1 N–H and O–H groups in total. The number of halogens is 1. The van der Waals surface area contributed by atoms with Crippen LogP contribution in [0, 0.1) is 0 Å². The molecule has 1 aromatic rings. The van der Waals surface area contributed by atoms with Crippen molar-refractivity contribution >= 4 is 27.6 Å². The summed E-state index contributed by atoms with van der Waals surface area (Å²) in [5.74, 6) is -0.101. The fraction of sp³-hybridized carbons (Fsp3) is 0.462. The van der Waals surface area contributed by atoms with E-state index in [1.807, 2.05) is 31.2 Å². The second kappa shape index (κ2) is 8.12. The molecular weight excluding hydrogens is 282 g/mol. The minimum absolute atomic E-state index is 0.101. The number of ether oxygens (including phenoxy) is 1. The molecule has 0 radical (unpaired) electrons. The van der Waals surface area contributed by atoms with Crippen LogP contribution in [0.3, 0.4) is 0 Å². The Balaban J connectivity index is 2.08. The third kappa shape index (κ3) is 6.31. The number of carbonyl (C=O) groups excluding carboxylic acids is 1. The highest BCUT2D eigenvalue weighted by molar-refractivity contribution is 9.10. The zero-order valence-electron chi connectivity index (χ0n) is 10.0. The number of carbonyl (C=O) groups is 1. The Morgan fingerprint density at radius 1 is 1.29 bits per heavy atom. The summed E-state index contributed by atoms with van der Waals surface area (Å²) in [7, 11) is 0. The molecule has 94 valence electrons. The van der Waals surface area contributed by atoms with E-state index in [-0.39, 0.29) is 5.97 Å². The van der Waals surface area contributed by atoms with E-state index in [4.69, 9.17) is 4.74 Å². The summed E-state index contributed by atoms with van der Waals surface area (Å²) in [4.78, 5) is 11.1. The van der Waals surface area contributed by atoms with Gasteiger partial charge in [0.05, 0.1) is 6.61 Å². The summed E-state index contributed by atoms with van der Waals surface area (Å²) in [5.41, 5.74) is 1.10. The molecule has 0 spiro atoms. The van der Waals surface area contributed by atoms with E-state index in [9.17, 15) is 4.79 Å². The highest BCUT2D eigenvalue weighted by Gasteiger charge is 2.00. The van der Waals surface area contributed by atoms with Crippen molar-refractivity contribution < 1.29 is 9.53 Å². The van der Waals surface area contributed by atoms with Crippen LogP contribution in [0.4, 0.5) is 5.69 Å². The molecule has 0 saturated heterocycles. The van der Waals surface area contributed by atoms with Gasteiger partial charge in [-0.2, -0.15) is 0 Å². The van der Waals surface area contributed by atoms with Crippen LogP contribution >= 0.6 is 15.9 Å². The maximum absolute atomic E-state index is 11.1. The van der Waals surface area contributed by atoms with Crippen LogP contribution in [0.1, 0.15) is 26.2 Å². The second-order valence-corrected chi connectivity index (χ2v) is 4.61. The zero-order valence-corrected chi connectivity index (χ0v) is 11.6. The van der Waals surface area contributed by atoms with Crippen LogP contribution in [0.5, 0.6) is 0 Å². The third-order valence-electron chi connectivity index (χ3n) is 2.29. The van der Waals surface area contributed by atoms with Crippen molar-refractivity contribution in [1.82, 2.24) is 0 Å². The van der Waals surface area contributed by atoms with Crippen molar-refractivity contribution in [3.63, 3.8) is 0 Å². The molecule has 0 bridgehead atoms. The van der Waals surface area contributed by atoms with Crippen LogP contribution in [-0.4, -0.2) is 19.1 Å². The molecule has 0 aromatic heterocycles. The lowest BCUT2D eigenvalue weighted by atomic mass is 10.2. The molecule has 0 heterocycles. The summed E-state index contributed by atoms with van der Waals surface area (Å²) in [6.45, 7) is 3.17. The standard InChI is InChI=1S/C13H18BrNO2/c1-2-17-13(16)5-3-4-10-15-12-8-6-11(14)7-9-12/h6-9,15H,2-5,10H2,1H3. The summed E-state index contributed by atoms with van der Waals surface area (Å²) >= 11 is 3.39. The lowest BCUT2D eigenvalue weighted by molar-refractivity contribution is -0.143. The first-order chi connectivity index (χ1) is 8.22. The zero-order chi connectivity index (χ0) is 12.5. The maximum atomic E-state index is 11.1. The number of esters is 1. The first kappa shape index (κ1) is 14.0.